The van der Waals surface area contributed by atoms with Crippen LogP contribution in [0.5, 0.6) is 17.2 Å². The highest BCUT2D eigenvalue weighted by atomic mass is 16.4. The van der Waals surface area contributed by atoms with Gasteiger partial charge in [-0.2, -0.15) is 0 Å². The zero-order valence-corrected chi connectivity index (χ0v) is 6.88. The number of benzene rings is 1. The predicted octanol–water partition coefficient (Wildman–Crippen LogP) is -0.0786. The molecule has 0 saturated carbocycles. The van der Waals surface area contributed by atoms with Gasteiger partial charge in [0.05, 0.1) is 0 Å². The molecule has 0 saturated heterocycles. The van der Waals surface area contributed by atoms with Gasteiger partial charge in [0, 0.05) is 0 Å². The monoisotopic (exact) mass is 200 g/mol. The molecule has 14 heavy (non-hydrogen) atoms. The quantitative estimate of drug-likeness (QED) is 0.426. The van der Waals surface area contributed by atoms with E-state index in [1.165, 1.54) is 0 Å². The number of carboxylic acid groups (broad SMARTS) is 1. The second-order valence-corrected chi connectivity index (χ2v) is 2.65. The summed E-state index contributed by atoms with van der Waals surface area (Å²) in [6, 6.07) is 1.71. The highest BCUT2D eigenvalue weighted by Crippen LogP contribution is 2.37. The topological polar surface area (TPSA) is 118 Å². The van der Waals surface area contributed by atoms with Crippen LogP contribution in [0.3, 0.4) is 0 Å². The van der Waals surface area contributed by atoms with Crippen molar-refractivity contribution in [3.05, 3.63) is 17.7 Å². The Morgan fingerprint density at radius 2 is 1.57 bits per heavy atom. The third-order valence-corrected chi connectivity index (χ3v) is 1.64. The first kappa shape index (κ1) is 10.1. The molecule has 0 heterocycles. The summed E-state index contributed by atoms with van der Waals surface area (Å²) >= 11 is 0. The van der Waals surface area contributed by atoms with Crippen molar-refractivity contribution >= 4 is 5.97 Å². The van der Waals surface area contributed by atoms with Gasteiger partial charge < -0.3 is 25.5 Å². The van der Waals surface area contributed by atoms with Crippen LogP contribution in [0.4, 0.5) is 0 Å². The summed E-state index contributed by atoms with van der Waals surface area (Å²) in [5.41, 5.74) is -0.217. The largest absolute Gasteiger partial charge is 0.504 e. The molecular weight excluding hydrogens is 192 g/mol. The van der Waals surface area contributed by atoms with Crippen molar-refractivity contribution < 1.29 is 30.3 Å². The number of phenols is 3. The van der Waals surface area contributed by atoms with Crippen LogP contribution in [0.1, 0.15) is 11.7 Å². The molecule has 6 nitrogen and oxygen atoms in total. The first-order chi connectivity index (χ1) is 6.43. The van der Waals surface area contributed by atoms with E-state index in [-0.39, 0.29) is 5.56 Å². The maximum absolute atomic E-state index is 10.3. The Kier molecular flexibility index (Phi) is 2.48. The number of aliphatic carboxylic acids is 1. The Hall–Kier alpha value is -1.95. The van der Waals surface area contributed by atoms with Crippen LogP contribution in [0.15, 0.2) is 12.1 Å². The minimum Gasteiger partial charge on any atom is -0.504 e. The normalized spacial score (nSPS) is 12.4. The lowest BCUT2D eigenvalue weighted by Crippen LogP contribution is -2.10. The van der Waals surface area contributed by atoms with Crippen molar-refractivity contribution in [3.63, 3.8) is 0 Å². The van der Waals surface area contributed by atoms with Crippen molar-refractivity contribution in [2.24, 2.45) is 0 Å². The maximum Gasteiger partial charge on any atom is 0.337 e. The molecule has 0 bridgehead atoms. The minimum atomic E-state index is -1.85. The van der Waals surface area contributed by atoms with Gasteiger partial charge >= 0.3 is 5.97 Å². The fourth-order valence-electron chi connectivity index (χ4n) is 0.926. The van der Waals surface area contributed by atoms with Crippen LogP contribution in [0.2, 0.25) is 0 Å². The first-order valence-electron chi connectivity index (χ1n) is 3.59. The van der Waals surface area contributed by atoms with Crippen molar-refractivity contribution in [1.82, 2.24) is 0 Å². The van der Waals surface area contributed by atoms with Gasteiger partial charge in [-0.3, -0.25) is 0 Å². The van der Waals surface area contributed by atoms with Crippen LogP contribution in [-0.2, 0) is 4.79 Å². The molecule has 6 heteroatoms. The zero-order valence-electron chi connectivity index (χ0n) is 6.88. The Morgan fingerprint density at radius 3 is 1.93 bits per heavy atom. The second kappa shape index (κ2) is 3.43. The van der Waals surface area contributed by atoms with Crippen LogP contribution in [0.25, 0.3) is 0 Å². The molecule has 0 aliphatic carbocycles. The van der Waals surface area contributed by atoms with Crippen molar-refractivity contribution in [2.45, 2.75) is 6.10 Å². The van der Waals surface area contributed by atoms with Gasteiger partial charge in [0.25, 0.3) is 0 Å². The molecule has 1 unspecified atom stereocenters. The molecule has 76 valence electrons. The van der Waals surface area contributed by atoms with E-state index in [1.807, 2.05) is 0 Å². The van der Waals surface area contributed by atoms with Gasteiger partial charge in [0.1, 0.15) is 0 Å². The Bertz CT molecular complexity index is 349. The van der Waals surface area contributed by atoms with Gasteiger partial charge in [-0.25, -0.2) is 4.79 Å². The molecule has 0 amide bonds. The molecule has 0 aliphatic rings. The van der Waals surface area contributed by atoms with Crippen LogP contribution < -0.4 is 0 Å². The number of hydrogen-bond acceptors (Lipinski definition) is 5. The average molecular weight is 200 g/mol. The van der Waals surface area contributed by atoms with Gasteiger partial charge in [-0.1, -0.05) is 0 Å². The number of aliphatic hydroxyl groups excluding tert-OH is 1. The lowest BCUT2D eigenvalue weighted by Gasteiger charge is -2.08. The zero-order chi connectivity index (χ0) is 10.9. The number of rotatable bonds is 2. The highest BCUT2D eigenvalue weighted by molar-refractivity contribution is 5.74. The molecule has 0 fully saturated rings. The molecule has 1 atom stereocenters. The SMILES string of the molecule is O=C(O)C(O)c1cc(O)c(O)c(O)c1. The summed E-state index contributed by atoms with van der Waals surface area (Å²) in [5, 5.41) is 44.4. The van der Waals surface area contributed by atoms with E-state index in [1.54, 1.807) is 0 Å². The molecule has 5 N–H and O–H groups in total. The minimum absolute atomic E-state index is 0.217. The van der Waals surface area contributed by atoms with E-state index in [9.17, 15) is 4.79 Å². The number of hydrogen-bond donors (Lipinski definition) is 5. The fraction of sp³-hybridized carbons (Fsp3) is 0.125. The summed E-state index contributed by atoms with van der Waals surface area (Å²) in [7, 11) is 0. The molecule has 0 aliphatic heterocycles. The molecule has 0 aromatic heterocycles. The molecule has 0 spiro atoms. The van der Waals surface area contributed by atoms with E-state index in [4.69, 9.17) is 25.5 Å². The van der Waals surface area contributed by atoms with E-state index < -0.39 is 29.3 Å². The van der Waals surface area contributed by atoms with Gasteiger partial charge in [0.15, 0.2) is 23.4 Å². The van der Waals surface area contributed by atoms with Gasteiger partial charge in [0.2, 0.25) is 0 Å². The number of aliphatic hydroxyl groups is 1. The lowest BCUT2D eigenvalue weighted by atomic mass is 10.1. The van der Waals surface area contributed by atoms with Crippen LogP contribution >= 0.6 is 0 Å². The average Bonchev–Trinajstić information content (AvgIpc) is 2.12. The summed E-state index contributed by atoms with van der Waals surface area (Å²) in [6.07, 6.45) is -1.85. The van der Waals surface area contributed by atoms with E-state index >= 15 is 0 Å². The Balaban J connectivity index is 3.19. The summed E-state index contributed by atoms with van der Waals surface area (Å²) in [4.78, 5) is 10.3. The second-order valence-electron chi connectivity index (χ2n) is 2.65. The highest BCUT2D eigenvalue weighted by Gasteiger charge is 2.19. The standard InChI is InChI=1S/C8H8O6/c9-4-1-3(6(11)8(13)14)2-5(10)7(4)12/h1-2,6,9-12H,(H,13,14). The van der Waals surface area contributed by atoms with Gasteiger partial charge in [-0.15, -0.1) is 0 Å². The maximum atomic E-state index is 10.3. The van der Waals surface area contributed by atoms with Crippen LogP contribution in [0, 0.1) is 0 Å². The van der Waals surface area contributed by atoms with Crippen LogP contribution in [-0.4, -0.2) is 31.5 Å². The number of phenolic OH excluding ortho intramolecular Hbond substituents is 3. The molecule has 0 radical (unpaired) electrons. The Morgan fingerprint density at radius 1 is 1.14 bits per heavy atom. The van der Waals surface area contributed by atoms with E-state index in [0.29, 0.717) is 0 Å². The lowest BCUT2D eigenvalue weighted by molar-refractivity contribution is -0.146. The van der Waals surface area contributed by atoms with Crippen molar-refractivity contribution in [1.29, 1.82) is 0 Å². The number of aromatic hydroxyl groups is 3. The van der Waals surface area contributed by atoms with Gasteiger partial charge in [-0.05, 0) is 17.7 Å². The predicted molar refractivity (Wildman–Crippen MR) is 44.0 cm³/mol. The third kappa shape index (κ3) is 1.69. The molecule has 1 rings (SSSR count). The van der Waals surface area contributed by atoms with E-state index in [0.717, 1.165) is 12.1 Å². The first-order valence-corrected chi connectivity index (χ1v) is 3.59. The molecule has 1 aromatic carbocycles. The number of carbonyl (C=O) groups is 1. The number of carboxylic acids is 1. The Labute approximate surface area is 78.3 Å². The van der Waals surface area contributed by atoms with Crippen molar-refractivity contribution in [2.75, 3.05) is 0 Å². The molecule has 1 aromatic rings. The smallest absolute Gasteiger partial charge is 0.337 e. The third-order valence-electron chi connectivity index (χ3n) is 1.64. The fourth-order valence-corrected chi connectivity index (χ4v) is 0.926. The molecular formula is C8H8O6. The van der Waals surface area contributed by atoms with Crippen molar-refractivity contribution in [3.8, 4) is 17.2 Å². The summed E-state index contributed by atoms with van der Waals surface area (Å²) in [5.74, 6) is -3.67. The van der Waals surface area contributed by atoms with E-state index in [2.05, 4.69) is 0 Å². The summed E-state index contributed by atoms with van der Waals surface area (Å²) in [6.45, 7) is 0. The summed E-state index contributed by atoms with van der Waals surface area (Å²) < 4.78 is 0.